The highest BCUT2D eigenvalue weighted by Gasteiger charge is 2.26. The van der Waals surface area contributed by atoms with E-state index in [-0.39, 0.29) is 0 Å². The minimum atomic E-state index is -0.516. The molecule has 0 spiro atoms. The molecule has 1 aromatic heterocycles. The lowest BCUT2D eigenvalue weighted by molar-refractivity contribution is 0.00973. The topological polar surface area (TPSA) is 74.2 Å². The van der Waals surface area contributed by atoms with Gasteiger partial charge in [0.1, 0.15) is 5.60 Å². The first kappa shape index (κ1) is 15.1. The summed E-state index contributed by atoms with van der Waals surface area (Å²) < 4.78 is 10.6. The average molecular weight is 255 g/mol. The summed E-state index contributed by atoms with van der Waals surface area (Å²) in [6.07, 6.45) is 1.81. The van der Waals surface area contributed by atoms with Crippen LogP contribution in [0.5, 0.6) is 0 Å². The van der Waals surface area contributed by atoms with Gasteiger partial charge in [0.25, 0.3) is 0 Å². The van der Waals surface area contributed by atoms with Crippen LogP contribution in [0.25, 0.3) is 0 Å². The Morgan fingerprint density at radius 1 is 1.39 bits per heavy atom. The van der Waals surface area contributed by atoms with Crippen molar-refractivity contribution in [1.29, 1.82) is 0 Å². The van der Waals surface area contributed by atoms with Crippen LogP contribution in [0, 0.1) is 11.8 Å². The molecule has 104 valence electrons. The molecule has 5 nitrogen and oxygen atoms in total. The van der Waals surface area contributed by atoms with Crippen LogP contribution in [0.4, 0.5) is 0 Å². The maximum Gasteiger partial charge on any atom is 0.227 e. The van der Waals surface area contributed by atoms with Gasteiger partial charge in [0.15, 0.2) is 0 Å². The van der Waals surface area contributed by atoms with E-state index in [1.54, 1.807) is 7.11 Å². The monoisotopic (exact) mass is 255 g/mol. The van der Waals surface area contributed by atoms with E-state index >= 15 is 0 Å². The van der Waals surface area contributed by atoms with Gasteiger partial charge in [-0.1, -0.05) is 19.0 Å². The SMILES string of the molecule is COC(C)(C)c1noc(CC(CN)CC(C)C)n1. The molecule has 0 aromatic carbocycles. The Hall–Kier alpha value is -0.940. The highest BCUT2D eigenvalue weighted by Crippen LogP contribution is 2.22. The fraction of sp³-hybridized carbons (Fsp3) is 0.846. The van der Waals surface area contributed by atoms with Crippen LogP contribution in [-0.4, -0.2) is 23.8 Å². The van der Waals surface area contributed by atoms with Crippen molar-refractivity contribution in [1.82, 2.24) is 10.1 Å². The second-order valence-corrected chi connectivity index (χ2v) is 5.66. The van der Waals surface area contributed by atoms with Crippen LogP contribution in [0.3, 0.4) is 0 Å². The first-order valence-electron chi connectivity index (χ1n) is 6.47. The maximum absolute atomic E-state index is 5.77. The molecule has 1 heterocycles. The molecule has 1 unspecified atom stereocenters. The summed E-state index contributed by atoms with van der Waals surface area (Å²) >= 11 is 0. The number of nitrogens with two attached hydrogens (primary N) is 1. The zero-order valence-corrected chi connectivity index (χ0v) is 12.1. The summed E-state index contributed by atoms with van der Waals surface area (Å²) in [7, 11) is 1.64. The minimum Gasteiger partial charge on any atom is -0.371 e. The highest BCUT2D eigenvalue weighted by atomic mass is 16.5. The lowest BCUT2D eigenvalue weighted by Gasteiger charge is -2.17. The predicted molar refractivity (Wildman–Crippen MR) is 70.0 cm³/mol. The first-order chi connectivity index (χ1) is 8.39. The summed E-state index contributed by atoms with van der Waals surface area (Å²) in [6, 6.07) is 0. The zero-order valence-electron chi connectivity index (χ0n) is 12.1. The van der Waals surface area contributed by atoms with Gasteiger partial charge in [-0.05, 0) is 38.6 Å². The number of aromatic nitrogens is 2. The Kier molecular flexibility index (Phi) is 5.28. The molecular weight excluding hydrogens is 230 g/mol. The molecule has 5 heteroatoms. The molecule has 0 saturated carbocycles. The van der Waals surface area contributed by atoms with Gasteiger partial charge in [0.05, 0.1) is 0 Å². The normalized spacial score (nSPS) is 14.2. The van der Waals surface area contributed by atoms with Gasteiger partial charge >= 0.3 is 0 Å². The van der Waals surface area contributed by atoms with Crippen molar-refractivity contribution in [3.8, 4) is 0 Å². The van der Waals surface area contributed by atoms with Gasteiger partial charge in [-0.3, -0.25) is 0 Å². The van der Waals surface area contributed by atoms with Crippen LogP contribution in [-0.2, 0) is 16.8 Å². The summed E-state index contributed by atoms with van der Waals surface area (Å²) in [4.78, 5) is 4.39. The molecule has 1 rings (SSSR count). The first-order valence-corrected chi connectivity index (χ1v) is 6.47. The Labute approximate surface area is 109 Å². The van der Waals surface area contributed by atoms with E-state index in [9.17, 15) is 0 Å². The van der Waals surface area contributed by atoms with Crippen molar-refractivity contribution in [2.45, 2.75) is 46.1 Å². The lowest BCUT2D eigenvalue weighted by atomic mass is 9.94. The summed E-state index contributed by atoms with van der Waals surface area (Å²) in [5.74, 6) is 2.24. The molecule has 0 bridgehead atoms. The largest absolute Gasteiger partial charge is 0.371 e. The van der Waals surface area contributed by atoms with E-state index in [0.717, 1.165) is 12.8 Å². The van der Waals surface area contributed by atoms with Crippen molar-refractivity contribution in [2.75, 3.05) is 13.7 Å². The number of nitrogens with zero attached hydrogens (tertiary/aromatic N) is 2. The van der Waals surface area contributed by atoms with Crippen LogP contribution < -0.4 is 5.73 Å². The third kappa shape index (κ3) is 4.07. The molecule has 1 atom stereocenters. The van der Waals surface area contributed by atoms with Crippen molar-refractivity contribution in [3.63, 3.8) is 0 Å². The summed E-state index contributed by atoms with van der Waals surface area (Å²) in [6.45, 7) is 8.85. The van der Waals surface area contributed by atoms with E-state index in [0.29, 0.717) is 30.1 Å². The third-order valence-electron chi connectivity index (χ3n) is 3.12. The maximum atomic E-state index is 5.77. The highest BCUT2D eigenvalue weighted by molar-refractivity contribution is 4.97. The minimum absolute atomic E-state index is 0.393. The van der Waals surface area contributed by atoms with E-state index < -0.39 is 5.60 Å². The number of rotatable bonds is 7. The van der Waals surface area contributed by atoms with Gasteiger partial charge in [-0.2, -0.15) is 4.98 Å². The van der Waals surface area contributed by atoms with E-state index in [2.05, 4.69) is 24.0 Å². The molecule has 0 aliphatic rings. The molecule has 18 heavy (non-hydrogen) atoms. The van der Waals surface area contributed by atoms with E-state index in [1.165, 1.54) is 0 Å². The smallest absolute Gasteiger partial charge is 0.227 e. The Morgan fingerprint density at radius 3 is 2.56 bits per heavy atom. The second-order valence-electron chi connectivity index (χ2n) is 5.66. The standard InChI is InChI=1S/C13H25N3O2/c1-9(2)6-10(8-14)7-11-15-12(16-18-11)13(3,4)17-5/h9-10H,6-8,14H2,1-5H3. The molecule has 0 fully saturated rings. The zero-order chi connectivity index (χ0) is 13.8. The Bertz CT molecular complexity index is 361. The van der Waals surface area contributed by atoms with Crippen LogP contribution >= 0.6 is 0 Å². The molecule has 0 saturated heterocycles. The van der Waals surface area contributed by atoms with Gasteiger partial charge in [0.2, 0.25) is 11.7 Å². The number of hydrogen-bond donors (Lipinski definition) is 1. The van der Waals surface area contributed by atoms with Crippen LogP contribution in [0.1, 0.15) is 45.8 Å². The van der Waals surface area contributed by atoms with Crippen molar-refractivity contribution in [2.24, 2.45) is 17.6 Å². The van der Waals surface area contributed by atoms with Crippen molar-refractivity contribution < 1.29 is 9.26 Å². The molecule has 2 N–H and O–H groups in total. The van der Waals surface area contributed by atoms with Gasteiger partial charge in [-0.15, -0.1) is 0 Å². The number of methoxy groups -OCH3 is 1. The summed E-state index contributed by atoms with van der Waals surface area (Å²) in [5.41, 5.74) is 5.26. The fourth-order valence-corrected chi connectivity index (χ4v) is 1.85. The van der Waals surface area contributed by atoms with Gasteiger partial charge in [0, 0.05) is 13.5 Å². The molecule has 0 aliphatic heterocycles. The van der Waals surface area contributed by atoms with E-state index in [1.807, 2.05) is 13.8 Å². The van der Waals surface area contributed by atoms with E-state index in [4.69, 9.17) is 15.0 Å². The predicted octanol–water partition coefficient (Wildman–Crippen LogP) is 2.11. The second kappa shape index (κ2) is 6.29. The molecular formula is C13H25N3O2. The van der Waals surface area contributed by atoms with Gasteiger partial charge < -0.3 is 15.0 Å². The molecule has 0 amide bonds. The van der Waals surface area contributed by atoms with Crippen LogP contribution in [0.15, 0.2) is 4.52 Å². The Balaban J connectivity index is 2.68. The molecule has 0 radical (unpaired) electrons. The van der Waals surface area contributed by atoms with Crippen molar-refractivity contribution >= 4 is 0 Å². The average Bonchev–Trinajstić information content (AvgIpc) is 2.76. The summed E-state index contributed by atoms with van der Waals surface area (Å²) in [5, 5.41) is 3.97. The quantitative estimate of drug-likeness (QED) is 0.807. The van der Waals surface area contributed by atoms with Crippen LogP contribution in [0.2, 0.25) is 0 Å². The third-order valence-corrected chi connectivity index (χ3v) is 3.12. The Morgan fingerprint density at radius 2 is 2.06 bits per heavy atom. The van der Waals surface area contributed by atoms with Gasteiger partial charge in [-0.25, -0.2) is 0 Å². The lowest BCUT2D eigenvalue weighted by Crippen LogP contribution is -2.22. The van der Waals surface area contributed by atoms with Crippen molar-refractivity contribution in [3.05, 3.63) is 11.7 Å². The number of hydrogen-bond acceptors (Lipinski definition) is 5. The molecule has 1 aromatic rings. The fourth-order valence-electron chi connectivity index (χ4n) is 1.85. The molecule has 0 aliphatic carbocycles. The number of ether oxygens (including phenoxy) is 1.